The zero-order chi connectivity index (χ0) is 14.9. The van der Waals surface area contributed by atoms with Gasteiger partial charge >= 0.3 is 5.69 Å². The van der Waals surface area contributed by atoms with Crippen molar-refractivity contribution in [2.45, 2.75) is 31.0 Å². The Hall–Kier alpha value is -1.74. The van der Waals surface area contributed by atoms with E-state index in [0.29, 0.717) is 0 Å². The summed E-state index contributed by atoms with van der Waals surface area (Å²) >= 11 is 0. The van der Waals surface area contributed by atoms with E-state index in [0.717, 1.165) is 10.8 Å². The minimum Gasteiger partial charge on any atom is -0.394 e. The summed E-state index contributed by atoms with van der Waals surface area (Å²) in [4.78, 5) is 26.1. The molecule has 2 heterocycles. The number of hydrogen-bond acceptors (Lipinski definition) is 6. The van der Waals surface area contributed by atoms with Crippen molar-refractivity contribution in [3.63, 3.8) is 0 Å². The van der Waals surface area contributed by atoms with Gasteiger partial charge in [0.1, 0.15) is 24.4 Å². The van der Waals surface area contributed by atoms with Crippen molar-refractivity contribution >= 4 is 0 Å². The highest BCUT2D eigenvalue weighted by Gasteiger charge is 2.44. The van der Waals surface area contributed by atoms with Crippen LogP contribution in [0.3, 0.4) is 0 Å². The van der Waals surface area contributed by atoms with Gasteiger partial charge in [-0.3, -0.25) is 9.36 Å². The molecule has 0 radical (unpaired) electrons. The van der Waals surface area contributed by atoms with Crippen LogP contribution in [0.15, 0.2) is 28.4 Å². The second-order valence-electron chi connectivity index (χ2n) is 4.51. The summed E-state index contributed by atoms with van der Waals surface area (Å²) in [5.41, 5.74) is -1.23. The molecule has 0 amide bonds. The number of aromatic nitrogens is 2. The highest BCUT2D eigenvalue weighted by atomic mass is 16.6. The first-order chi connectivity index (χ1) is 9.51. The molecule has 1 saturated heterocycles. The fourth-order valence-electron chi connectivity index (χ4n) is 2.18. The number of ether oxygens (including phenoxy) is 1. The first-order valence-electron chi connectivity index (χ1n) is 6.07. The van der Waals surface area contributed by atoms with Gasteiger partial charge in [0.05, 0.1) is 12.2 Å². The van der Waals surface area contributed by atoms with Gasteiger partial charge in [0, 0.05) is 12.7 Å². The van der Waals surface area contributed by atoms with Gasteiger partial charge in [0.25, 0.3) is 5.56 Å². The number of nitrogens with one attached hydrogen (secondary N) is 1. The number of aliphatic hydroxyl groups excluding tert-OH is 3. The summed E-state index contributed by atoms with van der Waals surface area (Å²) in [6.45, 7) is 2.98. The van der Waals surface area contributed by atoms with Crippen LogP contribution in [0.5, 0.6) is 0 Å². The molecule has 0 aromatic carbocycles. The molecule has 8 heteroatoms. The highest BCUT2D eigenvalue weighted by molar-refractivity contribution is 5.14. The molecule has 20 heavy (non-hydrogen) atoms. The summed E-state index contributed by atoms with van der Waals surface area (Å²) < 4.78 is 6.16. The number of nitrogens with zero attached hydrogens (tertiary/aromatic N) is 1. The van der Waals surface area contributed by atoms with Crippen LogP contribution in [0.1, 0.15) is 11.7 Å². The van der Waals surface area contributed by atoms with Crippen LogP contribution in [0.2, 0.25) is 0 Å². The highest BCUT2D eigenvalue weighted by Crippen LogP contribution is 2.31. The maximum Gasteiger partial charge on any atom is 0.328 e. The molecule has 0 aliphatic carbocycles. The van der Waals surface area contributed by atoms with Crippen molar-refractivity contribution in [2.24, 2.45) is 0 Å². The normalized spacial score (nSPS) is 29.6. The number of allylic oxidation sites excluding steroid dienone is 1. The fraction of sp³-hybridized carbons (Fsp3) is 0.500. The van der Waals surface area contributed by atoms with Gasteiger partial charge in [-0.15, -0.1) is 6.58 Å². The third-order valence-corrected chi connectivity index (χ3v) is 3.25. The van der Waals surface area contributed by atoms with Crippen molar-refractivity contribution in [3.8, 4) is 0 Å². The van der Waals surface area contributed by atoms with E-state index in [2.05, 4.69) is 11.6 Å². The Labute approximate surface area is 113 Å². The van der Waals surface area contributed by atoms with Crippen molar-refractivity contribution in [2.75, 3.05) is 6.61 Å². The molecule has 110 valence electrons. The SMILES string of the molecule is C=CCn1c(=O)[nH]cc([C@@H]2O[C@H](CO)[C@@H](O)[C@H]2O)c1=O. The Morgan fingerprint density at radius 2 is 2.10 bits per heavy atom. The lowest BCUT2D eigenvalue weighted by Crippen LogP contribution is -2.39. The molecule has 0 saturated carbocycles. The Balaban J connectivity index is 2.44. The van der Waals surface area contributed by atoms with Gasteiger partial charge in [0.2, 0.25) is 0 Å². The van der Waals surface area contributed by atoms with E-state index in [1.165, 1.54) is 6.08 Å². The summed E-state index contributed by atoms with van der Waals surface area (Å²) in [5.74, 6) is 0. The molecule has 0 spiro atoms. The molecule has 8 nitrogen and oxygen atoms in total. The molecule has 1 aliphatic rings. The van der Waals surface area contributed by atoms with Gasteiger partial charge in [-0.2, -0.15) is 0 Å². The maximum absolute atomic E-state index is 12.2. The number of hydrogen-bond donors (Lipinski definition) is 4. The molecule has 2 rings (SSSR count). The van der Waals surface area contributed by atoms with E-state index < -0.39 is 42.3 Å². The Kier molecular flexibility index (Phi) is 4.19. The molecule has 1 aromatic rings. The maximum atomic E-state index is 12.2. The molecule has 4 atom stereocenters. The monoisotopic (exact) mass is 284 g/mol. The molecule has 1 aromatic heterocycles. The van der Waals surface area contributed by atoms with E-state index in [1.807, 2.05) is 0 Å². The van der Waals surface area contributed by atoms with Crippen molar-refractivity contribution in [1.82, 2.24) is 9.55 Å². The van der Waals surface area contributed by atoms with Crippen molar-refractivity contribution in [3.05, 3.63) is 45.3 Å². The lowest BCUT2D eigenvalue weighted by atomic mass is 10.0. The van der Waals surface area contributed by atoms with E-state index in [-0.39, 0.29) is 12.1 Å². The van der Waals surface area contributed by atoms with Crippen LogP contribution in [0.25, 0.3) is 0 Å². The largest absolute Gasteiger partial charge is 0.394 e. The van der Waals surface area contributed by atoms with Crippen LogP contribution in [-0.4, -0.2) is 49.8 Å². The number of rotatable bonds is 4. The van der Waals surface area contributed by atoms with Gasteiger partial charge < -0.3 is 25.0 Å². The zero-order valence-electron chi connectivity index (χ0n) is 10.6. The number of aromatic amines is 1. The quantitative estimate of drug-likeness (QED) is 0.468. The number of aliphatic hydroxyl groups is 3. The van der Waals surface area contributed by atoms with Gasteiger partial charge in [0.15, 0.2) is 0 Å². The van der Waals surface area contributed by atoms with Crippen molar-refractivity contribution < 1.29 is 20.1 Å². The molecule has 0 unspecified atom stereocenters. The summed E-state index contributed by atoms with van der Waals surface area (Å²) in [7, 11) is 0. The minimum absolute atomic E-state index is 0.00829. The second-order valence-corrected chi connectivity index (χ2v) is 4.51. The minimum atomic E-state index is -1.36. The smallest absolute Gasteiger partial charge is 0.328 e. The Morgan fingerprint density at radius 3 is 2.65 bits per heavy atom. The van der Waals surface area contributed by atoms with E-state index in [4.69, 9.17) is 9.84 Å². The Morgan fingerprint density at radius 1 is 1.40 bits per heavy atom. The summed E-state index contributed by atoms with van der Waals surface area (Å²) in [5, 5.41) is 28.6. The third kappa shape index (κ3) is 2.34. The average Bonchev–Trinajstić information content (AvgIpc) is 2.71. The van der Waals surface area contributed by atoms with Crippen LogP contribution >= 0.6 is 0 Å². The van der Waals surface area contributed by atoms with Gasteiger partial charge in [-0.05, 0) is 0 Å². The fourth-order valence-corrected chi connectivity index (χ4v) is 2.18. The molecular weight excluding hydrogens is 268 g/mol. The first kappa shape index (κ1) is 14.7. The van der Waals surface area contributed by atoms with E-state index in [1.54, 1.807) is 0 Å². The lowest BCUT2D eigenvalue weighted by molar-refractivity contribution is -0.0233. The lowest BCUT2D eigenvalue weighted by Gasteiger charge is -2.15. The second kappa shape index (κ2) is 5.71. The van der Waals surface area contributed by atoms with Crippen LogP contribution < -0.4 is 11.2 Å². The molecule has 1 fully saturated rings. The van der Waals surface area contributed by atoms with Crippen LogP contribution in [-0.2, 0) is 11.3 Å². The summed E-state index contributed by atoms with van der Waals surface area (Å²) in [6.07, 6.45) is -2.22. The van der Waals surface area contributed by atoms with E-state index >= 15 is 0 Å². The predicted molar refractivity (Wildman–Crippen MR) is 68.2 cm³/mol. The van der Waals surface area contributed by atoms with Crippen LogP contribution in [0.4, 0.5) is 0 Å². The molecule has 1 aliphatic heterocycles. The van der Waals surface area contributed by atoms with E-state index in [9.17, 15) is 19.8 Å². The third-order valence-electron chi connectivity index (χ3n) is 3.25. The predicted octanol–water partition coefficient (Wildman–Crippen LogP) is -2.12. The standard InChI is InChI=1S/C12H16N2O6/c1-2-3-14-11(18)6(4-13-12(14)19)10-9(17)8(16)7(5-15)20-10/h2,4,7-10,15-17H,1,3,5H2,(H,13,19)/t7-,8-,9-,10+/m1/s1. The van der Waals surface area contributed by atoms with Crippen LogP contribution in [0, 0.1) is 0 Å². The van der Waals surface area contributed by atoms with Crippen molar-refractivity contribution in [1.29, 1.82) is 0 Å². The summed E-state index contributed by atoms with van der Waals surface area (Å²) in [6, 6.07) is 0. The zero-order valence-corrected chi connectivity index (χ0v) is 10.6. The number of H-pyrrole nitrogens is 1. The van der Waals surface area contributed by atoms with Gasteiger partial charge in [-0.1, -0.05) is 6.08 Å². The van der Waals surface area contributed by atoms with Gasteiger partial charge in [-0.25, -0.2) is 4.79 Å². The molecule has 4 N–H and O–H groups in total. The first-order valence-corrected chi connectivity index (χ1v) is 6.07. The Bertz CT molecular complexity index is 607. The molecular formula is C12H16N2O6. The average molecular weight is 284 g/mol. The topological polar surface area (TPSA) is 125 Å². The molecule has 0 bridgehead atoms.